The molecule has 76 valence electrons. The quantitative estimate of drug-likeness (QED) is 0.523. The van der Waals surface area contributed by atoms with Gasteiger partial charge in [-0.25, -0.2) is 4.79 Å². The molecule has 3 N–H and O–H groups in total. The van der Waals surface area contributed by atoms with Crippen molar-refractivity contribution in [2.45, 2.75) is 20.3 Å². The van der Waals surface area contributed by atoms with E-state index in [0.29, 0.717) is 19.6 Å². The topological polar surface area (TPSA) is 70.2 Å². The molecular formula is C8H17N3O2. The first-order valence-corrected chi connectivity index (χ1v) is 4.43. The number of amides is 3. The number of carbonyl (C=O) groups excluding carboxylic acids is 2. The number of rotatable bonds is 5. The van der Waals surface area contributed by atoms with Crippen LogP contribution in [0, 0.1) is 0 Å². The van der Waals surface area contributed by atoms with Crippen LogP contribution in [0.4, 0.5) is 4.79 Å². The molecule has 5 nitrogen and oxygen atoms in total. The summed E-state index contributed by atoms with van der Waals surface area (Å²) >= 11 is 0. The first-order valence-electron chi connectivity index (χ1n) is 4.43. The Morgan fingerprint density at radius 1 is 1.08 bits per heavy atom. The van der Waals surface area contributed by atoms with Gasteiger partial charge in [0, 0.05) is 26.6 Å². The van der Waals surface area contributed by atoms with E-state index >= 15 is 0 Å². The summed E-state index contributed by atoms with van der Waals surface area (Å²) in [5.74, 6) is -0.0435. The Balaban J connectivity index is 3.16. The molecule has 0 aliphatic rings. The minimum absolute atomic E-state index is 0.0435. The van der Waals surface area contributed by atoms with Crippen LogP contribution >= 0.6 is 0 Å². The Labute approximate surface area is 78.3 Å². The van der Waals surface area contributed by atoms with Crippen molar-refractivity contribution in [1.29, 1.82) is 0 Å². The Bertz CT molecular complexity index is 171. The SMILES string of the molecule is CCNC(=O)NCCCNC(C)=O. The molecule has 0 bridgehead atoms. The van der Waals surface area contributed by atoms with Crippen molar-refractivity contribution in [2.75, 3.05) is 19.6 Å². The molecule has 0 saturated heterocycles. The molecule has 0 saturated carbocycles. The highest BCUT2D eigenvalue weighted by molar-refractivity contribution is 5.73. The Kier molecular flexibility index (Phi) is 6.68. The Morgan fingerprint density at radius 2 is 1.69 bits per heavy atom. The minimum Gasteiger partial charge on any atom is -0.356 e. The van der Waals surface area contributed by atoms with Gasteiger partial charge in [-0.3, -0.25) is 4.79 Å². The van der Waals surface area contributed by atoms with Crippen LogP contribution in [0.5, 0.6) is 0 Å². The van der Waals surface area contributed by atoms with Crippen LogP contribution in [-0.2, 0) is 4.79 Å². The lowest BCUT2D eigenvalue weighted by Crippen LogP contribution is -2.36. The first-order chi connectivity index (χ1) is 6.16. The molecule has 0 fully saturated rings. The summed E-state index contributed by atoms with van der Waals surface area (Å²) in [6.07, 6.45) is 0.747. The largest absolute Gasteiger partial charge is 0.356 e. The third-order valence-electron chi connectivity index (χ3n) is 1.35. The smallest absolute Gasteiger partial charge is 0.314 e. The fourth-order valence-electron chi connectivity index (χ4n) is 0.778. The molecule has 0 aromatic carbocycles. The molecule has 0 rings (SSSR count). The van der Waals surface area contributed by atoms with Crippen molar-refractivity contribution in [2.24, 2.45) is 0 Å². The van der Waals surface area contributed by atoms with Crippen LogP contribution in [0.1, 0.15) is 20.3 Å². The highest BCUT2D eigenvalue weighted by atomic mass is 16.2. The van der Waals surface area contributed by atoms with Gasteiger partial charge in [-0.15, -0.1) is 0 Å². The van der Waals surface area contributed by atoms with Crippen LogP contribution in [-0.4, -0.2) is 31.6 Å². The zero-order chi connectivity index (χ0) is 10.1. The molecule has 0 radical (unpaired) electrons. The predicted molar refractivity (Wildman–Crippen MR) is 50.4 cm³/mol. The molecule has 0 atom stereocenters. The zero-order valence-electron chi connectivity index (χ0n) is 8.14. The van der Waals surface area contributed by atoms with Gasteiger partial charge in [-0.2, -0.15) is 0 Å². The molecular weight excluding hydrogens is 170 g/mol. The summed E-state index contributed by atoms with van der Waals surface area (Å²) in [6.45, 7) is 5.12. The monoisotopic (exact) mass is 187 g/mol. The maximum Gasteiger partial charge on any atom is 0.314 e. The molecule has 0 aliphatic heterocycles. The second kappa shape index (κ2) is 7.39. The van der Waals surface area contributed by atoms with Crippen LogP contribution in [0.3, 0.4) is 0 Å². The normalized spacial score (nSPS) is 9.08. The highest BCUT2D eigenvalue weighted by Gasteiger charge is 1.95. The fourth-order valence-corrected chi connectivity index (χ4v) is 0.778. The molecule has 13 heavy (non-hydrogen) atoms. The van der Waals surface area contributed by atoms with E-state index in [2.05, 4.69) is 16.0 Å². The fraction of sp³-hybridized carbons (Fsp3) is 0.750. The highest BCUT2D eigenvalue weighted by Crippen LogP contribution is 1.74. The average molecular weight is 187 g/mol. The van der Waals surface area contributed by atoms with Gasteiger partial charge in [0.25, 0.3) is 0 Å². The maximum atomic E-state index is 10.8. The van der Waals surface area contributed by atoms with E-state index in [1.165, 1.54) is 6.92 Å². The van der Waals surface area contributed by atoms with Crippen molar-refractivity contribution in [3.8, 4) is 0 Å². The standard InChI is InChI=1S/C8H17N3O2/c1-3-9-8(13)11-6-4-5-10-7(2)12/h3-6H2,1-2H3,(H,10,12)(H2,9,11,13). The zero-order valence-corrected chi connectivity index (χ0v) is 8.14. The molecule has 0 unspecified atom stereocenters. The molecule has 5 heteroatoms. The number of urea groups is 1. The second-order valence-corrected chi connectivity index (χ2v) is 2.62. The number of nitrogens with one attached hydrogen (secondary N) is 3. The van der Waals surface area contributed by atoms with E-state index < -0.39 is 0 Å². The van der Waals surface area contributed by atoms with Gasteiger partial charge >= 0.3 is 6.03 Å². The summed E-state index contributed by atoms with van der Waals surface area (Å²) in [4.78, 5) is 21.3. The van der Waals surface area contributed by atoms with Gasteiger partial charge in [-0.1, -0.05) is 0 Å². The summed E-state index contributed by atoms with van der Waals surface area (Å²) in [5, 5.41) is 7.90. The van der Waals surface area contributed by atoms with Gasteiger partial charge in [0.05, 0.1) is 0 Å². The van der Waals surface area contributed by atoms with Crippen LogP contribution in [0.25, 0.3) is 0 Å². The van der Waals surface area contributed by atoms with Crippen LogP contribution < -0.4 is 16.0 Å². The number of hydrogen-bond acceptors (Lipinski definition) is 2. The lowest BCUT2D eigenvalue weighted by Gasteiger charge is -2.05. The third-order valence-corrected chi connectivity index (χ3v) is 1.35. The average Bonchev–Trinajstić information content (AvgIpc) is 2.03. The van der Waals surface area contributed by atoms with Gasteiger partial charge < -0.3 is 16.0 Å². The van der Waals surface area contributed by atoms with E-state index in [1.54, 1.807) is 0 Å². The number of hydrogen-bond donors (Lipinski definition) is 3. The minimum atomic E-state index is -0.162. The van der Waals surface area contributed by atoms with Crippen molar-refractivity contribution in [1.82, 2.24) is 16.0 Å². The van der Waals surface area contributed by atoms with Crippen molar-refractivity contribution in [3.05, 3.63) is 0 Å². The predicted octanol–water partition coefficient (Wildman–Crippen LogP) is -0.168. The van der Waals surface area contributed by atoms with E-state index in [1.807, 2.05) is 6.92 Å². The van der Waals surface area contributed by atoms with Gasteiger partial charge in [0.15, 0.2) is 0 Å². The van der Waals surface area contributed by atoms with Crippen molar-refractivity contribution in [3.63, 3.8) is 0 Å². The lowest BCUT2D eigenvalue weighted by molar-refractivity contribution is -0.118. The Hall–Kier alpha value is -1.26. The molecule has 0 aromatic heterocycles. The van der Waals surface area contributed by atoms with Crippen molar-refractivity contribution >= 4 is 11.9 Å². The lowest BCUT2D eigenvalue weighted by atomic mass is 10.4. The molecule has 3 amide bonds. The van der Waals surface area contributed by atoms with E-state index in [4.69, 9.17) is 0 Å². The van der Waals surface area contributed by atoms with Crippen molar-refractivity contribution < 1.29 is 9.59 Å². The summed E-state index contributed by atoms with van der Waals surface area (Å²) in [5.41, 5.74) is 0. The van der Waals surface area contributed by atoms with Crippen LogP contribution in [0.2, 0.25) is 0 Å². The molecule has 0 aliphatic carbocycles. The summed E-state index contributed by atoms with van der Waals surface area (Å²) in [7, 11) is 0. The summed E-state index contributed by atoms with van der Waals surface area (Å²) in [6, 6.07) is -0.162. The van der Waals surface area contributed by atoms with Gasteiger partial charge in [0.2, 0.25) is 5.91 Å². The molecule has 0 spiro atoms. The van der Waals surface area contributed by atoms with Gasteiger partial charge in [-0.05, 0) is 13.3 Å². The maximum absolute atomic E-state index is 10.8. The Morgan fingerprint density at radius 3 is 2.23 bits per heavy atom. The second-order valence-electron chi connectivity index (χ2n) is 2.62. The van der Waals surface area contributed by atoms with Gasteiger partial charge in [0.1, 0.15) is 0 Å². The molecule has 0 aromatic rings. The number of carbonyl (C=O) groups is 2. The van der Waals surface area contributed by atoms with E-state index in [0.717, 1.165) is 6.42 Å². The van der Waals surface area contributed by atoms with Crippen LogP contribution in [0.15, 0.2) is 0 Å². The van der Waals surface area contributed by atoms with E-state index in [9.17, 15) is 9.59 Å². The van der Waals surface area contributed by atoms with E-state index in [-0.39, 0.29) is 11.9 Å². The third kappa shape index (κ3) is 8.65. The summed E-state index contributed by atoms with van der Waals surface area (Å²) < 4.78 is 0. The first kappa shape index (κ1) is 11.7. The molecule has 0 heterocycles.